The molecule has 1 heterocycles. The van der Waals surface area contributed by atoms with E-state index in [4.69, 9.17) is 21.4 Å². The highest BCUT2D eigenvalue weighted by molar-refractivity contribution is 6.30. The molecular weight excluding hydrogens is 348 g/mol. The summed E-state index contributed by atoms with van der Waals surface area (Å²) in [6.07, 6.45) is -0.168. The van der Waals surface area contributed by atoms with E-state index in [0.29, 0.717) is 24.7 Å². The Hall–Kier alpha value is -2.12. The quantitative estimate of drug-likeness (QED) is 0.810. The lowest BCUT2D eigenvalue weighted by molar-refractivity contribution is -0.147. The normalized spacial score (nSPS) is 17.2. The van der Waals surface area contributed by atoms with Crippen molar-refractivity contribution in [2.75, 3.05) is 32.8 Å². The Bertz CT molecular complexity index is 652. The zero-order chi connectivity index (χ0) is 18.4. The average Bonchev–Trinajstić information content (AvgIpc) is 2.54. The molecule has 25 heavy (non-hydrogen) atoms. The van der Waals surface area contributed by atoms with E-state index in [1.54, 1.807) is 23.1 Å². The van der Waals surface area contributed by atoms with Crippen LogP contribution >= 0.6 is 11.6 Å². The van der Waals surface area contributed by atoms with Crippen LogP contribution < -0.4 is 0 Å². The number of morpholine rings is 1. The van der Waals surface area contributed by atoms with Crippen molar-refractivity contribution in [2.45, 2.75) is 19.4 Å². The zero-order valence-electron chi connectivity index (χ0n) is 14.0. The van der Waals surface area contributed by atoms with Crippen LogP contribution in [0.5, 0.6) is 0 Å². The lowest BCUT2D eigenvalue weighted by Gasteiger charge is -2.35. The van der Waals surface area contributed by atoms with Crippen LogP contribution in [0, 0.1) is 0 Å². The minimum Gasteiger partial charge on any atom is -0.480 e. The van der Waals surface area contributed by atoms with E-state index in [1.807, 2.05) is 6.07 Å². The van der Waals surface area contributed by atoms with E-state index in [2.05, 4.69) is 0 Å². The summed E-state index contributed by atoms with van der Waals surface area (Å²) in [5.41, 5.74) is 0.830. The van der Waals surface area contributed by atoms with Crippen LogP contribution in [0.25, 0.3) is 0 Å². The summed E-state index contributed by atoms with van der Waals surface area (Å²) in [5, 5.41) is 9.46. The highest BCUT2D eigenvalue weighted by Gasteiger charge is 2.27. The van der Waals surface area contributed by atoms with Gasteiger partial charge in [0.25, 0.3) is 0 Å². The second-order valence-electron chi connectivity index (χ2n) is 5.93. The van der Waals surface area contributed by atoms with Crippen LogP contribution in [0.4, 0.5) is 0 Å². The molecule has 0 spiro atoms. The highest BCUT2D eigenvalue weighted by atomic mass is 35.5. The number of nitrogens with zero attached hydrogens (tertiary/aromatic N) is 2. The Balaban J connectivity index is 1.94. The minimum absolute atomic E-state index is 0.0526. The van der Waals surface area contributed by atoms with Gasteiger partial charge in [-0.3, -0.25) is 14.4 Å². The molecule has 0 aliphatic carbocycles. The third kappa shape index (κ3) is 6.03. The summed E-state index contributed by atoms with van der Waals surface area (Å²) in [6.45, 7) is 2.21. The van der Waals surface area contributed by atoms with E-state index in [9.17, 15) is 14.4 Å². The lowest BCUT2D eigenvalue weighted by atomic mass is 10.1. The van der Waals surface area contributed by atoms with Gasteiger partial charge in [-0.15, -0.1) is 0 Å². The number of benzene rings is 1. The van der Waals surface area contributed by atoms with Gasteiger partial charge in [-0.2, -0.15) is 0 Å². The predicted molar refractivity (Wildman–Crippen MR) is 91.4 cm³/mol. The van der Waals surface area contributed by atoms with Crippen LogP contribution in [0.2, 0.25) is 5.02 Å². The Labute approximate surface area is 151 Å². The number of carboxylic acid groups (broad SMARTS) is 1. The van der Waals surface area contributed by atoms with Crippen LogP contribution in [-0.2, 0) is 25.5 Å². The number of rotatable bonds is 6. The first kappa shape index (κ1) is 19.2. The molecule has 0 bridgehead atoms. The molecule has 2 amide bonds. The maximum Gasteiger partial charge on any atom is 0.323 e. The van der Waals surface area contributed by atoms with Gasteiger partial charge in [0.2, 0.25) is 11.8 Å². The van der Waals surface area contributed by atoms with E-state index in [-0.39, 0.29) is 31.3 Å². The fraction of sp³-hybridized carbons (Fsp3) is 0.471. The van der Waals surface area contributed by atoms with Crippen molar-refractivity contribution in [3.63, 3.8) is 0 Å². The summed E-state index contributed by atoms with van der Waals surface area (Å²) >= 11 is 5.94. The molecule has 1 aliphatic heterocycles. The number of carbonyl (C=O) groups is 3. The largest absolute Gasteiger partial charge is 0.480 e. The molecule has 1 N–H and O–H groups in total. The topological polar surface area (TPSA) is 87.2 Å². The predicted octanol–water partition coefficient (Wildman–Crippen LogP) is 1.04. The number of hydrogen-bond acceptors (Lipinski definition) is 4. The molecular formula is C17H21ClN2O5. The summed E-state index contributed by atoms with van der Waals surface area (Å²) < 4.78 is 5.59. The molecule has 1 atom stereocenters. The van der Waals surface area contributed by atoms with Gasteiger partial charge in [0.05, 0.1) is 19.1 Å². The third-order valence-electron chi connectivity index (χ3n) is 3.93. The summed E-state index contributed by atoms with van der Waals surface area (Å²) in [5.74, 6) is -1.48. The number of carbonyl (C=O) groups excluding carboxylic acids is 2. The van der Waals surface area contributed by atoms with E-state index < -0.39 is 12.1 Å². The van der Waals surface area contributed by atoms with Gasteiger partial charge >= 0.3 is 5.97 Å². The van der Waals surface area contributed by atoms with Gasteiger partial charge in [-0.05, 0) is 17.7 Å². The van der Waals surface area contributed by atoms with Crippen LogP contribution in [0.3, 0.4) is 0 Å². The first-order valence-corrected chi connectivity index (χ1v) is 8.34. The fourth-order valence-corrected chi connectivity index (χ4v) is 2.92. The number of amides is 2. The van der Waals surface area contributed by atoms with Crippen molar-refractivity contribution in [1.29, 1.82) is 0 Å². The molecule has 1 aromatic rings. The van der Waals surface area contributed by atoms with Crippen molar-refractivity contribution < 1.29 is 24.2 Å². The fourth-order valence-electron chi connectivity index (χ4n) is 2.70. The summed E-state index contributed by atoms with van der Waals surface area (Å²) in [7, 11) is 0. The Morgan fingerprint density at radius 2 is 2.16 bits per heavy atom. The number of halogens is 1. The second kappa shape index (κ2) is 8.82. The molecule has 8 heteroatoms. The first-order valence-electron chi connectivity index (χ1n) is 7.96. The molecule has 1 unspecified atom stereocenters. The number of hydrogen-bond donors (Lipinski definition) is 1. The number of carboxylic acids is 1. The van der Waals surface area contributed by atoms with Crippen molar-refractivity contribution >= 4 is 29.4 Å². The van der Waals surface area contributed by atoms with Gasteiger partial charge in [0.15, 0.2) is 0 Å². The second-order valence-corrected chi connectivity index (χ2v) is 6.37. The van der Waals surface area contributed by atoms with Crippen LogP contribution in [0.1, 0.15) is 12.5 Å². The lowest BCUT2D eigenvalue weighted by Crippen LogP contribution is -2.51. The number of ether oxygens (including phenoxy) is 1. The molecule has 1 aromatic carbocycles. The number of aliphatic carboxylic acids is 1. The van der Waals surface area contributed by atoms with Crippen molar-refractivity contribution in [1.82, 2.24) is 9.80 Å². The van der Waals surface area contributed by atoms with Crippen molar-refractivity contribution in [3.05, 3.63) is 34.9 Å². The Morgan fingerprint density at radius 3 is 2.80 bits per heavy atom. The Kier molecular flexibility index (Phi) is 6.78. The molecule has 0 radical (unpaired) electrons. The summed E-state index contributed by atoms with van der Waals surface area (Å²) in [4.78, 5) is 37.8. The van der Waals surface area contributed by atoms with Gasteiger partial charge in [0.1, 0.15) is 6.54 Å². The minimum atomic E-state index is -1.08. The molecule has 0 aromatic heterocycles. The molecule has 136 valence electrons. The van der Waals surface area contributed by atoms with Gasteiger partial charge in [0, 0.05) is 31.6 Å². The molecule has 0 saturated carbocycles. The average molecular weight is 369 g/mol. The van der Waals surface area contributed by atoms with E-state index in [1.165, 1.54) is 11.8 Å². The van der Waals surface area contributed by atoms with Gasteiger partial charge in [-0.25, -0.2) is 0 Å². The molecule has 1 fully saturated rings. The monoisotopic (exact) mass is 368 g/mol. The molecule has 2 rings (SSSR count). The molecule has 1 saturated heterocycles. The maximum absolute atomic E-state index is 12.5. The maximum atomic E-state index is 12.5. The van der Waals surface area contributed by atoms with Crippen molar-refractivity contribution in [3.8, 4) is 0 Å². The van der Waals surface area contributed by atoms with Gasteiger partial charge in [-0.1, -0.05) is 23.7 Å². The van der Waals surface area contributed by atoms with E-state index >= 15 is 0 Å². The smallest absolute Gasteiger partial charge is 0.323 e. The summed E-state index contributed by atoms with van der Waals surface area (Å²) in [6, 6.07) is 7.14. The SMILES string of the molecule is CC(=O)N(CC(=O)O)CC1CN(C(=O)Cc2cccc(Cl)c2)CCO1. The molecule has 1 aliphatic rings. The van der Waals surface area contributed by atoms with E-state index in [0.717, 1.165) is 5.56 Å². The third-order valence-corrected chi connectivity index (χ3v) is 4.17. The highest BCUT2D eigenvalue weighted by Crippen LogP contribution is 2.14. The van der Waals surface area contributed by atoms with Crippen LogP contribution in [0.15, 0.2) is 24.3 Å². The molecule has 7 nitrogen and oxygen atoms in total. The van der Waals surface area contributed by atoms with Gasteiger partial charge < -0.3 is 19.6 Å². The standard InChI is InChI=1S/C17H21ClN2O5/c1-12(21)20(11-17(23)24)10-15-9-19(5-6-25-15)16(22)8-13-3-2-4-14(18)7-13/h2-4,7,15H,5-6,8-11H2,1H3,(H,23,24). The first-order chi connectivity index (χ1) is 11.8. The van der Waals surface area contributed by atoms with Crippen LogP contribution in [-0.4, -0.2) is 71.6 Å². The zero-order valence-corrected chi connectivity index (χ0v) is 14.7. The van der Waals surface area contributed by atoms with Crippen molar-refractivity contribution in [2.24, 2.45) is 0 Å². The Morgan fingerprint density at radius 1 is 1.40 bits per heavy atom.